The molecule has 0 heterocycles. The first kappa shape index (κ1) is 41.5. The summed E-state index contributed by atoms with van der Waals surface area (Å²) in [5.74, 6) is -2.01. The highest BCUT2D eigenvalue weighted by molar-refractivity contribution is 5.87. The first-order chi connectivity index (χ1) is 19.4. The van der Waals surface area contributed by atoms with E-state index >= 15 is 0 Å². The summed E-state index contributed by atoms with van der Waals surface area (Å²) < 4.78 is 158. The van der Waals surface area contributed by atoms with Crippen LogP contribution in [0.25, 0.3) is 0 Å². The summed E-state index contributed by atoms with van der Waals surface area (Å²) in [6, 6.07) is 0. The van der Waals surface area contributed by atoms with Gasteiger partial charge in [0.15, 0.2) is 0 Å². The summed E-state index contributed by atoms with van der Waals surface area (Å²) in [6.07, 6.45) is -25.5. The van der Waals surface area contributed by atoms with Gasteiger partial charge in [0.05, 0.1) is 7.11 Å². The van der Waals surface area contributed by atoms with Gasteiger partial charge in [-0.3, -0.25) is 0 Å². The molecule has 0 aromatic rings. The van der Waals surface area contributed by atoms with Crippen molar-refractivity contribution in [2.45, 2.75) is 101 Å². The third-order valence-corrected chi connectivity index (χ3v) is 7.09. The van der Waals surface area contributed by atoms with Gasteiger partial charge in [-0.1, -0.05) is 19.6 Å². The zero-order valence-corrected chi connectivity index (χ0v) is 24.0. The van der Waals surface area contributed by atoms with Crippen molar-refractivity contribution in [3.05, 3.63) is 24.3 Å². The summed E-state index contributed by atoms with van der Waals surface area (Å²) in [4.78, 5) is 21.2. The van der Waals surface area contributed by atoms with E-state index in [1.807, 2.05) is 0 Å². The fraction of sp³-hybridized carbons (Fsp3) is 0.769. The SMILES string of the molecule is C=C(C)C(=O)OC.C=C(C)C(=O)OC(C)CC(O)(C(F)(F)F)C(F)(F)F.OC(CC1CC2CCC1C2)(C(F)(F)F)C(F)(F)F. The summed E-state index contributed by atoms with van der Waals surface area (Å²) in [6.45, 7) is 10.1. The van der Waals surface area contributed by atoms with E-state index in [0.717, 1.165) is 13.3 Å². The molecule has 2 N–H and O–H groups in total. The van der Waals surface area contributed by atoms with Crippen LogP contribution in [0, 0.1) is 17.8 Å². The smallest absolute Gasteiger partial charge is 0.426 e. The standard InChI is InChI=1S/C11H14F6O.C10H12F6O3.C5H8O2/c12-10(13,14)9(18,11(15,16)17)5-8-4-6-1-2-7(8)3-6;1-5(2)7(17)19-6(3)4-8(18,9(11,12)13)10(14,15)16;1-4(2)5(6)7-3/h6-8,18H,1-5H2;6,18H,1,4H2,2-3H3;1H2,2-3H3. The number of fused-ring (bicyclic) bond motifs is 2. The monoisotopic (exact) mass is 670 g/mol. The van der Waals surface area contributed by atoms with E-state index in [2.05, 4.69) is 22.6 Å². The topological polar surface area (TPSA) is 93.1 Å². The molecule has 0 aliphatic heterocycles. The number of hydrogen-bond acceptors (Lipinski definition) is 6. The van der Waals surface area contributed by atoms with Crippen molar-refractivity contribution in [1.29, 1.82) is 0 Å². The van der Waals surface area contributed by atoms with Crippen LogP contribution in [0.2, 0.25) is 0 Å². The van der Waals surface area contributed by atoms with Crippen LogP contribution in [0.4, 0.5) is 52.7 Å². The Labute approximate surface area is 245 Å². The lowest BCUT2D eigenvalue weighted by Crippen LogP contribution is -2.58. The van der Waals surface area contributed by atoms with Crippen LogP contribution in [0.3, 0.4) is 0 Å². The van der Waals surface area contributed by atoms with Gasteiger partial charge in [-0.25, -0.2) is 9.59 Å². The van der Waals surface area contributed by atoms with Crippen molar-refractivity contribution >= 4 is 11.9 Å². The fourth-order valence-electron chi connectivity index (χ4n) is 4.71. The van der Waals surface area contributed by atoms with E-state index in [-0.39, 0.29) is 23.4 Å². The highest BCUT2D eigenvalue weighted by atomic mass is 19.4. The van der Waals surface area contributed by atoms with E-state index in [1.54, 1.807) is 6.92 Å². The van der Waals surface area contributed by atoms with Crippen LogP contribution in [0.5, 0.6) is 0 Å². The molecule has 0 amide bonds. The predicted octanol–water partition coefficient (Wildman–Crippen LogP) is 7.14. The van der Waals surface area contributed by atoms with Crippen molar-refractivity contribution in [1.82, 2.24) is 0 Å². The molecule has 0 spiro atoms. The molecule has 0 aromatic carbocycles. The largest absolute Gasteiger partial charge is 0.466 e. The highest BCUT2D eigenvalue weighted by Gasteiger charge is 2.72. The number of esters is 2. The van der Waals surface area contributed by atoms with Crippen LogP contribution in [-0.2, 0) is 19.1 Å². The second-order valence-electron chi connectivity index (χ2n) is 10.8. The molecular weight excluding hydrogens is 636 g/mol. The number of halogens is 12. The molecule has 6 nitrogen and oxygen atoms in total. The van der Waals surface area contributed by atoms with Gasteiger partial charge >= 0.3 is 36.6 Å². The van der Waals surface area contributed by atoms with Gasteiger partial charge in [-0.05, 0) is 64.2 Å². The molecule has 0 radical (unpaired) electrons. The molecule has 44 heavy (non-hydrogen) atoms. The number of hydrogen-bond donors (Lipinski definition) is 2. The van der Waals surface area contributed by atoms with E-state index in [9.17, 15) is 62.3 Å². The third kappa shape index (κ3) is 10.5. The number of ether oxygens (including phenoxy) is 2. The van der Waals surface area contributed by atoms with Crippen molar-refractivity contribution in [3.8, 4) is 0 Å². The third-order valence-electron chi connectivity index (χ3n) is 7.09. The second kappa shape index (κ2) is 14.7. The van der Waals surface area contributed by atoms with Gasteiger partial charge in [0.2, 0.25) is 0 Å². The molecule has 2 aliphatic carbocycles. The van der Waals surface area contributed by atoms with Gasteiger partial charge < -0.3 is 19.7 Å². The maximum absolute atomic E-state index is 12.5. The molecule has 4 atom stereocenters. The van der Waals surface area contributed by atoms with Crippen molar-refractivity contribution in [2.75, 3.05) is 7.11 Å². The molecule has 2 bridgehead atoms. The Hall–Kier alpha value is -2.50. The summed E-state index contributed by atoms with van der Waals surface area (Å²) >= 11 is 0. The molecule has 18 heteroatoms. The quantitative estimate of drug-likeness (QED) is 0.170. The zero-order valence-electron chi connectivity index (χ0n) is 24.0. The number of carbonyl (C=O) groups is 2. The van der Waals surface area contributed by atoms with Gasteiger partial charge in [0, 0.05) is 17.6 Å². The first-order valence-electron chi connectivity index (χ1n) is 12.8. The molecule has 258 valence electrons. The lowest BCUT2D eigenvalue weighted by molar-refractivity contribution is -0.374. The number of methoxy groups -OCH3 is 1. The van der Waals surface area contributed by atoms with Crippen molar-refractivity contribution in [2.24, 2.45) is 17.8 Å². The molecular formula is C26H34F12O6. The van der Waals surface area contributed by atoms with Crippen LogP contribution >= 0.6 is 0 Å². The van der Waals surface area contributed by atoms with E-state index in [0.29, 0.717) is 24.8 Å². The first-order valence-corrected chi connectivity index (χ1v) is 12.8. The number of carbonyl (C=O) groups excluding carboxylic acids is 2. The van der Waals surface area contributed by atoms with Crippen LogP contribution in [0.1, 0.15) is 59.3 Å². The lowest BCUT2D eigenvalue weighted by Gasteiger charge is -2.36. The second-order valence-corrected chi connectivity index (χ2v) is 10.8. The van der Waals surface area contributed by atoms with E-state index in [4.69, 9.17) is 10.2 Å². The molecule has 0 saturated heterocycles. The molecule has 2 aliphatic rings. The number of rotatable bonds is 7. The Morgan fingerprint density at radius 1 is 0.750 bits per heavy atom. The van der Waals surface area contributed by atoms with Crippen molar-refractivity contribution in [3.63, 3.8) is 0 Å². The molecule has 2 saturated carbocycles. The zero-order chi connectivity index (χ0) is 35.3. The van der Waals surface area contributed by atoms with Crippen molar-refractivity contribution < 1.29 is 82.0 Å². The van der Waals surface area contributed by atoms with E-state index < -0.39 is 66.7 Å². The Morgan fingerprint density at radius 2 is 1.16 bits per heavy atom. The van der Waals surface area contributed by atoms with Gasteiger partial charge in [0.1, 0.15) is 6.10 Å². The predicted molar refractivity (Wildman–Crippen MR) is 129 cm³/mol. The fourth-order valence-corrected chi connectivity index (χ4v) is 4.71. The Kier molecular flexibility index (Phi) is 13.9. The molecule has 4 unspecified atom stereocenters. The van der Waals surface area contributed by atoms with Crippen LogP contribution in [0.15, 0.2) is 24.3 Å². The number of aliphatic hydroxyl groups is 2. The Bertz CT molecular complexity index is 985. The molecule has 0 aromatic heterocycles. The molecule has 2 fully saturated rings. The minimum Gasteiger partial charge on any atom is -0.466 e. The average molecular weight is 671 g/mol. The van der Waals surface area contributed by atoms with Gasteiger partial charge in [-0.15, -0.1) is 0 Å². The van der Waals surface area contributed by atoms with Gasteiger partial charge in [-0.2, -0.15) is 52.7 Å². The van der Waals surface area contributed by atoms with E-state index in [1.165, 1.54) is 14.0 Å². The highest BCUT2D eigenvalue weighted by Crippen LogP contribution is 2.55. The number of alkyl halides is 12. The lowest BCUT2D eigenvalue weighted by atomic mass is 9.79. The van der Waals surface area contributed by atoms with Crippen LogP contribution < -0.4 is 0 Å². The molecule has 2 rings (SSSR count). The minimum atomic E-state index is -5.94. The Morgan fingerprint density at radius 3 is 1.41 bits per heavy atom. The summed E-state index contributed by atoms with van der Waals surface area (Å²) in [7, 11) is 1.33. The van der Waals surface area contributed by atoms with Gasteiger partial charge in [0.25, 0.3) is 11.2 Å². The summed E-state index contributed by atoms with van der Waals surface area (Å²) in [5.41, 5.74) is -9.25. The normalized spacial score (nSPS) is 21.3. The average Bonchev–Trinajstić information content (AvgIpc) is 3.44. The van der Waals surface area contributed by atoms with Crippen LogP contribution in [-0.4, -0.2) is 71.3 Å². The summed E-state index contributed by atoms with van der Waals surface area (Å²) in [5, 5.41) is 18.0. The maximum atomic E-state index is 12.5. The Balaban J connectivity index is 0.000000694. The maximum Gasteiger partial charge on any atom is 0.426 e. The minimum absolute atomic E-state index is 0.0915.